The van der Waals surface area contributed by atoms with Crippen LogP contribution in [0.1, 0.15) is 85.7 Å². The summed E-state index contributed by atoms with van der Waals surface area (Å²) >= 11 is 8.02. The van der Waals surface area contributed by atoms with Crippen molar-refractivity contribution in [2.45, 2.75) is 87.4 Å². The smallest absolute Gasteiger partial charge is 0.261 e. The van der Waals surface area contributed by atoms with E-state index in [4.69, 9.17) is 16.3 Å². The zero-order chi connectivity index (χ0) is 27.3. The van der Waals surface area contributed by atoms with Crippen molar-refractivity contribution >= 4 is 35.1 Å². The molecule has 2 N–H and O–H groups in total. The summed E-state index contributed by atoms with van der Waals surface area (Å²) in [6.07, 6.45) is 12.0. The number of anilines is 1. The molecule has 2 aromatic carbocycles. The van der Waals surface area contributed by atoms with Gasteiger partial charge in [0.2, 0.25) is 0 Å². The maximum atomic E-state index is 13.4. The quantitative estimate of drug-likeness (QED) is 0.331. The summed E-state index contributed by atoms with van der Waals surface area (Å²) in [5, 5.41) is 12.6. The third-order valence-electron chi connectivity index (χ3n) is 10.6. The van der Waals surface area contributed by atoms with Crippen molar-refractivity contribution < 1.29 is 14.6 Å². The van der Waals surface area contributed by atoms with Crippen molar-refractivity contribution in [1.29, 1.82) is 0 Å². The topological polar surface area (TPSA) is 61.8 Å². The molecule has 2 fully saturated rings. The van der Waals surface area contributed by atoms with Gasteiger partial charge in [-0.1, -0.05) is 30.5 Å². The second-order valence-electron chi connectivity index (χ2n) is 13.1. The van der Waals surface area contributed by atoms with Crippen molar-refractivity contribution in [2.24, 2.45) is 17.8 Å². The standard InChI is InChI=1S/C33H41ClN2O3S/c34-25-9-11-28-22(16-25)4-2-14-33(28)19-36-18-24-7-10-27(24)30(37)12-6-21-3-1-5-26(15-21)40-35-32(38)23-8-13-31(39-20-33)29(36)17-23/h8-9,11,13,16-17,21,24,26-27,30,37H,1-7,10,12,14-15,18-20H2,(H,35,38)/t21-,24-,26+,27+,30-,33-/m0/s1. The SMILES string of the molecule is O=C1NS[C@@H]2CCC[C@@H](CC[C@H](O)[C@@H]3CC[C@H]3CN3C[C@@]4(CCCc5cc(Cl)ccc54)COc4ccc1cc43)C2. The highest BCUT2D eigenvalue weighted by Gasteiger charge is 2.44. The molecule has 0 aromatic heterocycles. The molecule has 0 unspecified atom stereocenters. The first kappa shape index (κ1) is 27.0. The lowest BCUT2D eigenvalue weighted by Gasteiger charge is -2.46. The van der Waals surface area contributed by atoms with Crippen LogP contribution in [0.3, 0.4) is 0 Å². The number of benzene rings is 2. The molecule has 4 bridgehead atoms. The lowest BCUT2D eigenvalue weighted by molar-refractivity contribution is 0.00600. The molecule has 3 aliphatic carbocycles. The molecular weight excluding hydrogens is 540 g/mol. The van der Waals surface area contributed by atoms with Gasteiger partial charge in [0.15, 0.2) is 0 Å². The van der Waals surface area contributed by atoms with Gasteiger partial charge in [-0.15, -0.1) is 0 Å². The van der Waals surface area contributed by atoms with Crippen molar-refractivity contribution in [3.63, 3.8) is 0 Å². The van der Waals surface area contributed by atoms with Crippen LogP contribution in [0.2, 0.25) is 5.02 Å². The summed E-state index contributed by atoms with van der Waals surface area (Å²) in [4.78, 5) is 15.9. The number of halogens is 1. The van der Waals surface area contributed by atoms with E-state index >= 15 is 0 Å². The van der Waals surface area contributed by atoms with E-state index in [9.17, 15) is 9.90 Å². The van der Waals surface area contributed by atoms with Crippen molar-refractivity contribution in [1.82, 2.24) is 4.72 Å². The molecule has 0 saturated heterocycles. The van der Waals surface area contributed by atoms with Crippen LogP contribution in [0.4, 0.5) is 5.69 Å². The Morgan fingerprint density at radius 1 is 1.05 bits per heavy atom. The zero-order valence-electron chi connectivity index (χ0n) is 23.2. The zero-order valence-corrected chi connectivity index (χ0v) is 24.8. The molecule has 2 aromatic rings. The van der Waals surface area contributed by atoms with E-state index in [2.05, 4.69) is 27.8 Å². The number of aliphatic hydroxyl groups is 1. The number of ether oxygens (including phenoxy) is 1. The van der Waals surface area contributed by atoms with E-state index in [0.29, 0.717) is 35.2 Å². The molecule has 5 aliphatic rings. The molecule has 214 valence electrons. The minimum absolute atomic E-state index is 0.0180. The van der Waals surface area contributed by atoms with E-state index in [1.165, 1.54) is 24.0 Å². The molecule has 40 heavy (non-hydrogen) atoms. The highest BCUT2D eigenvalue weighted by molar-refractivity contribution is 7.98. The van der Waals surface area contributed by atoms with Crippen LogP contribution in [0, 0.1) is 17.8 Å². The minimum atomic E-state index is -0.222. The van der Waals surface area contributed by atoms with E-state index in [-0.39, 0.29) is 17.4 Å². The van der Waals surface area contributed by atoms with E-state index in [1.54, 1.807) is 11.9 Å². The van der Waals surface area contributed by atoms with Gasteiger partial charge in [-0.25, -0.2) is 0 Å². The minimum Gasteiger partial charge on any atom is -0.490 e. The maximum absolute atomic E-state index is 13.4. The van der Waals surface area contributed by atoms with Gasteiger partial charge in [0.25, 0.3) is 5.91 Å². The summed E-state index contributed by atoms with van der Waals surface area (Å²) < 4.78 is 9.81. The van der Waals surface area contributed by atoms with Gasteiger partial charge in [-0.3, -0.25) is 9.52 Å². The number of aliphatic hydroxyl groups excluding tert-OH is 1. The van der Waals surface area contributed by atoms with Gasteiger partial charge in [0, 0.05) is 34.3 Å². The second kappa shape index (κ2) is 11.1. The Bertz CT molecular complexity index is 1270. The summed E-state index contributed by atoms with van der Waals surface area (Å²) in [6.45, 7) is 2.35. The monoisotopic (exact) mass is 580 g/mol. The first-order valence-electron chi connectivity index (χ1n) is 15.4. The van der Waals surface area contributed by atoms with Crippen molar-refractivity contribution in [3.8, 4) is 5.75 Å². The number of aryl methyl sites for hydroxylation is 1. The first-order chi connectivity index (χ1) is 19.5. The van der Waals surface area contributed by atoms with E-state index in [0.717, 1.165) is 87.3 Å². The number of nitrogens with zero attached hydrogens (tertiary/aromatic N) is 1. The van der Waals surface area contributed by atoms with Gasteiger partial charge in [-0.05, 0) is 129 Å². The Balaban J connectivity index is 1.25. The summed E-state index contributed by atoms with van der Waals surface area (Å²) in [5.74, 6) is 2.29. The van der Waals surface area contributed by atoms with Gasteiger partial charge < -0.3 is 14.7 Å². The van der Waals surface area contributed by atoms with Gasteiger partial charge in [0.1, 0.15) is 5.75 Å². The van der Waals surface area contributed by atoms with Gasteiger partial charge >= 0.3 is 0 Å². The Labute approximate surface area is 247 Å². The largest absolute Gasteiger partial charge is 0.490 e. The van der Waals surface area contributed by atoms with Crippen molar-refractivity contribution in [3.05, 3.63) is 58.1 Å². The predicted molar refractivity (Wildman–Crippen MR) is 162 cm³/mol. The summed E-state index contributed by atoms with van der Waals surface area (Å²) in [7, 11) is 0. The Morgan fingerprint density at radius 3 is 2.85 bits per heavy atom. The van der Waals surface area contributed by atoms with Crippen LogP contribution in [0.5, 0.6) is 5.75 Å². The van der Waals surface area contributed by atoms with E-state index in [1.807, 2.05) is 18.2 Å². The molecule has 6 atom stereocenters. The molecular formula is C33H41ClN2O3S. The molecule has 2 heterocycles. The fourth-order valence-corrected chi connectivity index (χ4v) is 9.53. The second-order valence-corrected chi connectivity index (χ2v) is 14.7. The van der Waals surface area contributed by atoms with Crippen LogP contribution >= 0.6 is 23.5 Å². The normalized spacial score (nSPS) is 34.0. The molecule has 0 radical (unpaired) electrons. The number of hydrogen-bond donors (Lipinski definition) is 2. The number of amides is 1. The third kappa shape index (κ3) is 5.13. The summed E-state index contributed by atoms with van der Waals surface area (Å²) in [6, 6.07) is 12.3. The molecule has 2 saturated carbocycles. The average molecular weight is 581 g/mol. The lowest BCUT2D eigenvalue weighted by atomic mass is 9.67. The number of hydrogen-bond acceptors (Lipinski definition) is 5. The Morgan fingerprint density at radius 2 is 1.98 bits per heavy atom. The predicted octanol–water partition coefficient (Wildman–Crippen LogP) is 6.93. The molecule has 1 spiro atoms. The van der Waals surface area contributed by atoms with Crippen LogP contribution in [-0.2, 0) is 11.8 Å². The molecule has 2 aliphatic heterocycles. The van der Waals surface area contributed by atoms with E-state index < -0.39 is 0 Å². The van der Waals surface area contributed by atoms with Crippen LogP contribution < -0.4 is 14.4 Å². The fraction of sp³-hybridized carbons (Fsp3) is 0.606. The number of fused-ring (bicyclic) bond motifs is 6. The van der Waals surface area contributed by atoms with Gasteiger partial charge in [-0.2, -0.15) is 0 Å². The van der Waals surface area contributed by atoms with Crippen LogP contribution in [-0.4, -0.2) is 42.1 Å². The maximum Gasteiger partial charge on any atom is 0.261 e. The Kier molecular flexibility index (Phi) is 7.47. The first-order valence-corrected chi connectivity index (χ1v) is 16.7. The van der Waals surface area contributed by atoms with Crippen molar-refractivity contribution in [2.75, 3.05) is 24.6 Å². The third-order valence-corrected chi connectivity index (χ3v) is 11.9. The highest BCUT2D eigenvalue weighted by Crippen LogP contribution is 2.47. The summed E-state index contributed by atoms with van der Waals surface area (Å²) in [5.41, 5.74) is 4.26. The lowest BCUT2D eigenvalue weighted by Crippen LogP contribution is -2.49. The molecule has 5 nitrogen and oxygen atoms in total. The number of carbonyl (C=O) groups excluding carboxylic acids is 1. The molecule has 7 rings (SSSR count). The molecule has 7 heteroatoms. The van der Waals surface area contributed by atoms with Crippen LogP contribution in [0.25, 0.3) is 0 Å². The number of rotatable bonds is 0. The average Bonchev–Trinajstić information content (AvgIpc) is 3.09. The number of carbonyl (C=O) groups is 1. The highest BCUT2D eigenvalue weighted by atomic mass is 35.5. The Hall–Kier alpha value is -1.89. The van der Waals surface area contributed by atoms with Crippen LogP contribution in [0.15, 0.2) is 36.4 Å². The fourth-order valence-electron chi connectivity index (χ4n) is 8.29. The van der Waals surface area contributed by atoms with Gasteiger partial charge in [0.05, 0.1) is 18.4 Å². The molecule has 1 amide bonds. The number of nitrogens with one attached hydrogen (secondary N) is 1.